The molecule has 6 heteroatoms. The maximum atomic E-state index is 11.8. The molecule has 2 N–H and O–H groups in total. The van der Waals surface area contributed by atoms with Gasteiger partial charge in [0.2, 0.25) is 0 Å². The smallest absolute Gasteiger partial charge is 0.331 e. The normalized spacial score (nSPS) is 25.6. The zero-order valence-corrected chi connectivity index (χ0v) is 10.9. The summed E-state index contributed by atoms with van der Waals surface area (Å²) >= 11 is 2.02. The molecule has 1 unspecified atom stereocenters. The summed E-state index contributed by atoms with van der Waals surface area (Å²) in [5.74, 6) is 3.33. The molecule has 0 aromatic rings. The third kappa shape index (κ3) is 4.37. The first-order chi connectivity index (χ1) is 8.36. The molecule has 98 valence electrons. The summed E-state index contributed by atoms with van der Waals surface area (Å²) in [4.78, 5) is 11.8. The van der Waals surface area contributed by atoms with Crippen LogP contribution in [0.15, 0.2) is 0 Å². The molecule has 2 saturated heterocycles. The predicted molar refractivity (Wildman–Crippen MR) is 69.0 cm³/mol. The average Bonchev–Trinajstić information content (AvgIpc) is 2.69. The van der Waals surface area contributed by atoms with E-state index in [0.29, 0.717) is 26.3 Å². The van der Waals surface area contributed by atoms with Gasteiger partial charge in [0, 0.05) is 13.1 Å². The van der Waals surface area contributed by atoms with Crippen LogP contribution in [0.2, 0.25) is 0 Å². The van der Waals surface area contributed by atoms with Crippen molar-refractivity contribution in [1.82, 2.24) is 15.8 Å². The largest absolute Gasteiger partial charge is 0.378 e. The van der Waals surface area contributed by atoms with E-state index >= 15 is 0 Å². The van der Waals surface area contributed by atoms with Gasteiger partial charge in [-0.15, -0.1) is 0 Å². The van der Waals surface area contributed by atoms with E-state index in [1.54, 1.807) is 5.01 Å². The van der Waals surface area contributed by atoms with Gasteiger partial charge in [0.1, 0.15) is 0 Å². The quantitative estimate of drug-likeness (QED) is 0.782. The Labute approximate surface area is 107 Å². The maximum absolute atomic E-state index is 11.8. The fraction of sp³-hybridized carbons (Fsp3) is 0.909. The van der Waals surface area contributed by atoms with Gasteiger partial charge in [-0.1, -0.05) is 0 Å². The number of carbonyl (C=O) groups is 1. The van der Waals surface area contributed by atoms with Gasteiger partial charge >= 0.3 is 6.03 Å². The molecule has 2 heterocycles. The van der Waals surface area contributed by atoms with Gasteiger partial charge in [-0.25, -0.2) is 10.2 Å². The Morgan fingerprint density at radius 1 is 1.53 bits per heavy atom. The van der Waals surface area contributed by atoms with Crippen LogP contribution in [-0.2, 0) is 4.74 Å². The highest BCUT2D eigenvalue weighted by Gasteiger charge is 2.17. The molecule has 0 radical (unpaired) electrons. The molecule has 0 aliphatic carbocycles. The third-order valence-electron chi connectivity index (χ3n) is 3.11. The second-order valence-electron chi connectivity index (χ2n) is 4.42. The summed E-state index contributed by atoms with van der Waals surface area (Å²) in [5.41, 5.74) is 3.05. The molecule has 5 nitrogen and oxygen atoms in total. The minimum absolute atomic E-state index is 0.0267. The van der Waals surface area contributed by atoms with Crippen molar-refractivity contribution in [1.29, 1.82) is 0 Å². The van der Waals surface area contributed by atoms with Crippen molar-refractivity contribution < 1.29 is 9.53 Å². The number of urea groups is 1. The van der Waals surface area contributed by atoms with Crippen LogP contribution in [0.3, 0.4) is 0 Å². The molecular formula is C11H21N3O2S. The van der Waals surface area contributed by atoms with Gasteiger partial charge in [-0.3, -0.25) is 5.01 Å². The van der Waals surface area contributed by atoms with Crippen molar-refractivity contribution in [2.24, 2.45) is 5.92 Å². The maximum Gasteiger partial charge on any atom is 0.331 e. The molecule has 2 rings (SSSR count). The zero-order valence-electron chi connectivity index (χ0n) is 10.1. The highest BCUT2D eigenvalue weighted by Crippen LogP contribution is 2.25. The highest BCUT2D eigenvalue weighted by molar-refractivity contribution is 7.99. The molecule has 2 amide bonds. The molecule has 2 aliphatic heterocycles. The first-order valence-electron chi connectivity index (χ1n) is 6.30. The van der Waals surface area contributed by atoms with Crippen LogP contribution in [0.4, 0.5) is 4.79 Å². The van der Waals surface area contributed by atoms with E-state index in [0.717, 1.165) is 18.9 Å². The predicted octanol–water partition coefficient (Wildman–Crippen LogP) is 0.676. The number of amides is 2. The van der Waals surface area contributed by atoms with Gasteiger partial charge in [0.15, 0.2) is 0 Å². The fourth-order valence-corrected chi connectivity index (χ4v) is 3.39. The summed E-state index contributed by atoms with van der Waals surface area (Å²) < 4.78 is 5.27. The van der Waals surface area contributed by atoms with Crippen LogP contribution < -0.4 is 10.7 Å². The minimum atomic E-state index is -0.0267. The van der Waals surface area contributed by atoms with Gasteiger partial charge < -0.3 is 10.1 Å². The number of ether oxygens (including phenoxy) is 1. The molecule has 2 aliphatic rings. The van der Waals surface area contributed by atoms with Crippen molar-refractivity contribution >= 4 is 17.8 Å². The van der Waals surface area contributed by atoms with E-state index < -0.39 is 0 Å². The molecule has 0 aromatic heterocycles. The number of rotatable bonds is 3. The molecule has 0 saturated carbocycles. The topological polar surface area (TPSA) is 53.6 Å². The van der Waals surface area contributed by atoms with E-state index in [2.05, 4.69) is 10.7 Å². The number of nitrogens with one attached hydrogen (secondary N) is 2. The Kier molecular flexibility index (Phi) is 5.41. The van der Waals surface area contributed by atoms with Gasteiger partial charge in [0.05, 0.1) is 19.8 Å². The number of hydrazine groups is 1. The third-order valence-corrected chi connectivity index (χ3v) is 4.34. The van der Waals surface area contributed by atoms with Crippen molar-refractivity contribution in [3.63, 3.8) is 0 Å². The minimum Gasteiger partial charge on any atom is -0.378 e. The Morgan fingerprint density at radius 2 is 2.47 bits per heavy atom. The van der Waals surface area contributed by atoms with E-state index in [1.807, 2.05) is 11.8 Å². The van der Waals surface area contributed by atoms with E-state index in [1.165, 1.54) is 17.9 Å². The lowest BCUT2D eigenvalue weighted by molar-refractivity contribution is 0.143. The van der Waals surface area contributed by atoms with Crippen LogP contribution in [0, 0.1) is 5.92 Å². The first kappa shape index (κ1) is 13.0. The second-order valence-corrected chi connectivity index (χ2v) is 5.57. The van der Waals surface area contributed by atoms with E-state index in [-0.39, 0.29) is 6.03 Å². The van der Waals surface area contributed by atoms with Crippen LogP contribution in [0.1, 0.15) is 12.8 Å². The van der Waals surface area contributed by atoms with Crippen molar-refractivity contribution in [3.8, 4) is 0 Å². The SMILES string of the molecule is O=C(NCCC1CCSC1)N1CCOCCN1. The van der Waals surface area contributed by atoms with Gasteiger partial charge in [-0.2, -0.15) is 11.8 Å². The standard InChI is InChI=1S/C11H21N3O2S/c15-11(14-5-7-16-6-4-13-14)12-3-1-10-2-8-17-9-10/h10,13H,1-9H2,(H,12,15). The number of hydrogen-bond donors (Lipinski definition) is 2. The molecular weight excluding hydrogens is 238 g/mol. The lowest BCUT2D eigenvalue weighted by Crippen LogP contribution is -2.49. The van der Waals surface area contributed by atoms with Crippen molar-refractivity contribution in [2.75, 3.05) is 44.4 Å². The average molecular weight is 259 g/mol. The van der Waals surface area contributed by atoms with Crippen LogP contribution in [0.25, 0.3) is 0 Å². The number of hydrogen-bond acceptors (Lipinski definition) is 4. The van der Waals surface area contributed by atoms with E-state index in [4.69, 9.17) is 4.74 Å². The lowest BCUT2D eigenvalue weighted by Gasteiger charge is -2.21. The number of carbonyl (C=O) groups excluding carboxylic acids is 1. The molecule has 17 heavy (non-hydrogen) atoms. The highest BCUT2D eigenvalue weighted by atomic mass is 32.2. The summed E-state index contributed by atoms with van der Waals surface area (Å²) in [6, 6.07) is -0.0267. The molecule has 1 atom stereocenters. The first-order valence-corrected chi connectivity index (χ1v) is 7.46. The summed E-state index contributed by atoms with van der Waals surface area (Å²) in [7, 11) is 0. The Bertz CT molecular complexity index is 239. The van der Waals surface area contributed by atoms with Crippen molar-refractivity contribution in [2.45, 2.75) is 12.8 Å². The fourth-order valence-electron chi connectivity index (χ4n) is 2.05. The summed E-state index contributed by atoms with van der Waals surface area (Å²) in [5, 5.41) is 4.59. The number of nitrogens with zero attached hydrogens (tertiary/aromatic N) is 1. The molecule has 0 spiro atoms. The summed E-state index contributed by atoms with van der Waals surface area (Å²) in [6.07, 6.45) is 2.40. The van der Waals surface area contributed by atoms with Gasteiger partial charge in [-0.05, 0) is 30.3 Å². The summed E-state index contributed by atoms with van der Waals surface area (Å²) in [6.45, 7) is 3.38. The van der Waals surface area contributed by atoms with Crippen LogP contribution >= 0.6 is 11.8 Å². The van der Waals surface area contributed by atoms with Crippen LogP contribution in [-0.4, -0.2) is 55.4 Å². The van der Waals surface area contributed by atoms with Gasteiger partial charge in [0.25, 0.3) is 0 Å². The van der Waals surface area contributed by atoms with Crippen LogP contribution in [0.5, 0.6) is 0 Å². The monoisotopic (exact) mass is 259 g/mol. The van der Waals surface area contributed by atoms with E-state index in [9.17, 15) is 4.79 Å². The lowest BCUT2D eigenvalue weighted by atomic mass is 10.1. The Balaban J connectivity index is 1.61. The zero-order chi connectivity index (χ0) is 11.9. The molecule has 2 fully saturated rings. The number of thioether (sulfide) groups is 1. The molecule has 0 bridgehead atoms. The Morgan fingerprint density at radius 3 is 3.29 bits per heavy atom. The van der Waals surface area contributed by atoms with Crippen molar-refractivity contribution in [3.05, 3.63) is 0 Å². The Hall–Kier alpha value is -0.460. The second kappa shape index (κ2) is 7.08. The molecule has 0 aromatic carbocycles.